The molecule has 1 aromatic rings. The van der Waals surface area contributed by atoms with Gasteiger partial charge in [0, 0.05) is 12.1 Å². The lowest BCUT2D eigenvalue weighted by Crippen LogP contribution is -2.40. The van der Waals surface area contributed by atoms with E-state index in [0.29, 0.717) is 10.8 Å². The average Bonchev–Trinajstić information content (AvgIpc) is 2.35. The molecule has 0 amide bonds. The Kier molecular flexibility index (Phi) is 4.83. The lowest BCUT2D eigenvalue weighted by molar-refractivity contribution is 0.260. The van der Waals surface area contributed by atoms with Gasteiger partial charge in [-0.1, -0.05) is 18.6 Å². The van der Waals surface area contributed by atoms with Crippen molar-refractivity contribution in [1.29, 1.82) is 0 Å². The first kappa shape index (κ1) is 15.5. The molecule has 0 saturated heterocycles. The van der Waals surface area contributed by atoms with Crippen LogP contribution in [0.2, 0.25) is 0 Å². The van der Waals surface area contributed by atoms with Gasteiger partial charge in [-0.25, -0.2) is 13.1 Å². The lowest BCUT2D eigenvalue weighted by atomic mass is 9.81. The summed E-state index contributed by atoms with van der Waals surface area (Å²) in [5, 5.41) is 3.14. The molecule has 0 heterocycles. The molecule has 5 heteroatoms. The zero-order valence-corrected chi connectivity index (χ0v) is 13.2. The number of benzene rings is 1. The van der Waals surface area contributed by atoms with Gasteiger partial charge in [0.15, 0.2) is 0 Å². The van der Waals surface area contributed by atoms with Crippen LogP contribution in [0.15, 0.2) is 29.2 Å². The molecule has 1 aromatic carbocycles. The molecule has 1 aliphatic carbocycles. The van der Waals surface area contributed by atoms with E-state index in [4.69, 9.17) is 0 Å². The third kappa shape index (κ3) is 3.40. The summed E-state index contributed by atoms with van der Waals surface area (Å²) in [7, 11) is -1.51. The first-order chi connectivity index (χ1) is 9.44. The van der Waals surface area contributed by atoms with Gasteiger partial charge in [-0.3, -0.25) is 0 Å². The molecule has 4 nitrogen and oxygen atoms in total. The first-order valence-electron chi connectivity index (χ1n) is 7.23. The van der Waals surface area contributed by atoms with E-state index in [2.05, 4.69) is 10.0 Å². The molecular formula is C15H24N2O2S. The lowest BCUT2D eigenvalue weighted by Gasteiger charge is -2.31. The Morgan fingerprint density at radius 2 is 1.75 bits per heavy atom. The second-order valence-corrected chi connectivity index (χ2v) is 7.39. The molecule has 0 aliphatic heterocycles. The molecule has 2 rings (SSSR count). The van der Waals surface area contributed by atoms with Gasteiger partial charge >= 0.3 is 0 Å². The minimum atomic E-state index is -3.40. The summed E-state index contributed by atoms with van der Waals surface area (Å²) in [6, 6.07) is 7.32. The number of rotatable bonds is 6. The van der Waals surface area contributed by atoms with Crippen LogP contribution in [0.3, 0.4) is 0 Å². The largest absolute Gasteiger partial charge is 0.313 e. The van der Waals surface area contributed by atoms with Crippen molar-refractivity contribution < 1.29 is 8.42 Å². The van der Waals surface area contributed by atoms with Crippen LogP contribution < -0.4 is 10.0 Å². The predicted molar refractivity (Wildman–Crippen MR) is 81.0 cm³/mol. The maximum Gasteiger partial charge on any atom is 0.240 e. The van der Waals surface area contributed by atoms with Gasteiger partial charge in [-0.05, 0) is 57.4 Å². The van der Waals surface area contributed by atoms with Crippen molar-refractivity contribution in [2.75, 3.05) is 7.05 Å². The van der Waals surface area contributed by atoms with Gasteiger partial charge in [-0.2, -0.15) is 0 Å². The Bertz CT molecular complexity index is 535. The van der Waals surface area contributed by atoms with Gasteiger partial charge in [0.05, 0.1) is 4.90 Å². The highest BCUT2D eigenvalue weighted by Gasteiger charge is 2.27. The van der Waals surface area contributed by atoms with E-state index in [1.54, 1.807) is 12.1 Å². The highest BCUT2D eigenvalue weighted by Crippen LogP contribution is 2.30. The predicted octanol–water partition coefficient (Wildman–Crippen LogP) is 2.43. The third-order valence-electron chi connectivity index (χ3n) is 4.32. The number of hydrogen-bond donors (Lipinski definition) is 2. The maximum atomic E-state index is 12.3. The fourth-order valence-electron chi connectivity index (χ4n) is 2.45. The monoisotopic (exact) mass is 296 g/mol. The van der Waals surface area contributed by atoms with Crippen LogP contribution >= 0.6 is 0 Å². The summed E-state index contributed by atoms with van der Waals surface area (Å²) >= 11 is 0. The Balaban J connectivity index is 2.08. The van der Waals surface area contributed by atoms with Crippen molar-refractivity contribution >= 4 is 10.0 Å². The molecular weight excluding hydrogens is 272 g/mol. The van der Waals surface area contributed by atoms with Gasteiger partial charge in [0.1, 0.15) is 0 Å². The van der Waals surface area contributed by atoms with Gasteiger partial charge in [-0.15, -0.1) is 0 Å². The highest BCUT2D eigenvalue weighted by atomic mass is 32.2. The fraction of sp³-hybridized carbons (Fsp3) is 0.600. The molecule has 1 saturated carbocycles. The van der Waals surface area contributed by atoms with Crippen LogP contribution in [0.5, 0.6) is 0 Å². The summed E-state index contributed by atoms with van der Waals surface area (Å²) in [6.07, 6.45) is 3.47. The van der Waals surface area contributed by atoms with E-state index in [-0.39, 0.29) is 12.1 Å². The standard InChI is InChI=1S/C15H24N2O2S/c1-11(16-3)14-7-9-15(10-8-14)20(18,19)17-12(2)13-5-4-6-13/h7-13,16-17H,4-6H2,1-3H3. The van der Waals surface area contributed by atoms with Crippen molar-refractivity contribution in [2.24, 2.45) is 5.92 Å². The molecule has 2 atom stereocenters. The topological polar surface area (TPSA) is 58.2 Å². The van der Waals surface area contributed by atoms with E-state index in [1.807, 2.05) is 33.0 Å². The Morgan fingerprint density at radius 1 is 1.15 bits per heavy atom. The first-order valence-corrected chi connectivity index (χ1v) is 8.72. The van der Waals surface area contributed by atoms with E-state index >= 15 is 0 Å². The molecule has 0 aromatic heterocycles. The maximum absolute atomic E-state index is 12.3. The SMILES string of the molecule is CNC(C)c1ccc(S(=O)(=O)NC(C)C2CCC2)cc1. The van der Waals surface area contributed by atoms with E-state index < -0.39 is 10.0 Å². The van der Waals surface area contributed by atoms with Crippen molar-refractivity contribution in [1.82, 2.24) is 10.0 Å². The summed E-state index contributed by atoms with van der Waals surface area (Å²) < 4.78 is 27.4. The van der Waals surface area contributed by atoms with Crippen LogP contribution in [0, 0.1) is 5.92 Å². The molecule has 112 valence electrons. The minimum absolute atomic E-state index is 0.0182. The van der Waals surface area contributed by atoms with Crippen LogP contribution in [0.4, 0.5) is 0 Å². The minimum Gasteiger partial charge on any atom is -0.313 e. The number of nitrogens with one attached hydrogen (secondary N) is 2. The zero-order valence-electron chi connectivity index (χ0n) is 12.4. The molecule has 2 unspecified atom stereocenters. The zero-order chi connectivity index (χ0) is 14.8. The number of sulfonamides is 1. The van der Waals surface area contributed by atoms with E-state index in [9.17, 15) is 8.42 Å². The molecule has 2 N–H and O–H groups in total. The van der Waals surface area contributed by atoms with Crippen LogP contribution in [0.1, 0.15) is 44.7 Å². The molecule has 20 heavy (non-hydrogen) atoms. The van der Waals surface area contributed by atoms with Crippen LogP contribution in [-0.4, -0.2) is 21.5 Å². The van der Waals surface area contributed by atoms with E-state index in [0.717, 1.165) is 18.4 Å². The van der Waals surface area contributed by atoms with Crippen LogP contribution in [0.25, 0.3) is 0 Å². The third-order valence-corrected chi connectivity index (χ3v) is 5.90. The second kappa shape index (κ2) is 6.24. The summed E-state index contributed by atoms with van der Waals surface area (Å²) in [4.78, 5) is 0.343. The average molecular weight is 296 g/mol. The van der Waals surface area contributed by atoms with Crippen molar-refractivity contribution in [3.05, 3.63) is 29.8 Å². The fourth-order valence-corrected chi connectivity index (χ4v) is 3.76. The Morgan fingerprint density at radius 3 is 2.20 bits per heavy atom. The molecule has 0 bridgehead atoms. The molecule has 1 aliphatic rings. The van der Waals surface area contributed by atoms with Crippen molar-refractivity contribution in [3.8, 4) is 0 Å². The van der Waals surface area contributed by atoms with Gasteiger partial charge in [0.2, 0.25) is 10.0 Å². The smallest absolute Gasteiger partial charge is 0.240 e. The molecule has 0 radical (unpaired) electrons. The summed E-state index contributed by atoms with van der Waals surface area (Å²) in [5.41, 5.74) is 1.08. The van der Waals surface area contributed by atoms with Crippen molar-refractivity contribution in [2.45, 2.75) is 50.1 Å². The quantitative estimate of drug-likeness (QED) is 0.847. The molecule has 0 spiro atoms. The highest BCUT2D eigenvalue weighted by molar-refractivity contribution is 7.89. The van der Waals surface area contributed by atoms with Gasteiger partial charge in [0.25, 0.3) is 0 Å². The second-order valence-electron chi connectivity index (χ2n) is 5.68. The summed E-state index contributed by atoms with van der Waals surface area (Å²) in [5.74, 6) is 0.494. The summed E-state index contributed by atoms with van der Waals surface area (Å²) in [6.45, 7) is 4.00. The Hall–Kier alpha value is -0.910. The van der Waals surface area contributed by atoms with Crippen molar-refractivity contribution in [3.63, 3.8) is 0 Å². The number of hydrogen-bond acceptors (Lipinski definition) is 3. The molecule has 1 fully saturated rings. The van der Waals surface area contributed by atoms with Crippen LogP contribution in [-0.2, 0) is 10.0 Å². The van der Waals surface area contributed by atoms with E-state index in [1.165, 1.54) is 6.42 Å². The normalized spacial score (nSPS) is 19.4. The Labute approximate surface area is 122 Å². The van der Waals surface area contributed by atoms with Gasteiger partial charge < -0.3 is 5.32 Å².